The maximum atomic E-state index is 10.8. The van der Waals surface area contributed by atoms with Crippen molar-refractivity contribution in [2.45, 2.75) is 13.0 Å². The van der Waals surface area contributed by atoms with Crippen LogP contribution in [0.2, 0.25) is 0 Å². The van der Waals surface area contributed by atoms with E-state index in [4.69, 9.17) is 5.84 Å². The van der Waals surface area contributed by atoms with Gasteiger partial charge in [0.2, 0.25) is 5.91 Å². The Labute approximate surface area is 70.1 Å². The van der Waals surface area contributed by atoms with Crippen LogP contribution in [0.3, 0.4) is 0 Å². The van der Waals surface area contributed by atoms with Crippen LogP contribution in [0.5, 0.6) is 0 Å². The smallest absolute Gasteiger partial charge is 0.257 e. The summed E-state index contributed by atoms with van der Waals surface area (Å²) in [6.45, 7) is 1.32. The molecular weight excluding hydrogens is 166 g/mol. The fourth-order valence-electron chi connectivity index (χ4n) is 0.540. The Morgan fingerprint density at radius 2 is 2.18 bits per heavy atom. The quantitative estimate of drug-likeness (QED) is 0.181. The molecule has 0 aliphatic heterocycles. The monoisotopic (exact) mass is 177 g/mol. The number of hydrogen-bond donors (Lipinski definition) is 4. The predicted molar refractivity (Wildman–Crippen MR) is 43.8 cm³/mol. The summed E-state index contributed by atoms with van der Waals surface area (Å²) in [6, 6.07) is -0.652. The van der Waals surface area contributed by atoms with Gasteiger partial charge < -0.3 is 5.32 Å². The van der Waals surface area contributed by atoms with Crippen LogP contribution in [-0.4, -0.2) is 23.6 Å². The number of hydrogen-bond acceptors (Lipinski definition) is 4. The van der Waals surface area contributed by atoms with Gasteiger partial charge in [-0.05, 0) is 0 Å². The summed E-state index contributed by atoms with van der Waals surface area (Å²) in [5, 5.41) is 2.37. The molecule has 5 nitrogen and oxygen atoms in total. The van der Waals surface area contributed by atoms with Gasteiger partial charge in [-0.15, -0.1) is 0 Å². The zero-order valence-electron chi connectivity index (χ0n) is 6.13. The zero-order chi connectivity index (χ0) is 8.85. The Morgan fingerprint density at radius 3 is 2.45 bits per heavy atom. The van der Waals surface area contributed by atoms with Crippen molar-refractivity contribution in [1.29, 1.82) is 0 Å². The first kappa shape index (κ1) is 10.2. The standard InChI is InChI=1S/C5H11N3O2S/c1-3(9)7-4(2-11)5(10)8-6/h4,11H,2,6H2,1H3,(H,7,9)(H,8,10). The van der Waals surface area contributed by atoms with Gasteiger partial charge in [-0.2, -0.15) is 12.6 Å². The van der Waals surface area contributed by atoms with E-state index >= 15 is 0 Å². The number of hydrazine groups is 1. The second kappa shape index (κ2) is 4.97. The van der Waals surface area contributed by atoms with Crippen molar-refractivity contribution >= 4 is 24.4 Å². The average Bonchev–Trinajstić information content (AvgIpc) is 1.98. The highest BCUT2D eigenvalue weighted by Gasteiger charge is 2.15. The lowest BCUT2D eigenvalue weighted by molar-refractivity contribution is -0.127. The molecule has 0 rings (SSSR count). The first-order valence-electron chi connectivity index (χ1n) is 3.00. The molecule has 0 aliphatic rings. The summed E-state index contributed by atoms with van der Waals surface area (Å²) in [6.07, 6.45) is 0. The molecule has 2 amide bonds. The van der Waals surface area contributed by atoms with Crippen molar-refractivity contribution in [2.24, 2.45) is 5.84 Å². The first-order valence-corrected chi connectivity index (χ1v) is 3.63. The molecule has 0 radical (unpaired) electrons. The van der Waals surface area contributed by atoms with Gasteiger partial charge in [-0.3, -0.25) is 15.0 Å². The van der Waals surface area contributed by atoms with Gasteiger partial charge in [0.15, 0.2) is 0 Å². The third-order valence-electron chi connectivity index (χ3n) is 1.02. The van der Waals surface area contributed by atoms with Crippen LogP contribution in [0.15, 0.2) is 0 Å². The van der Waals surface area contributed by atoms with Gasteiger partial charge in [0.25, 0.3) is 5.91 Å². The molecule has 0 spiro atoms. The summed E-state index contributed by atoms with van der Waals surface area (Å²) >= 11 is 3.85. The molecule has 0 aromatic heterocycles. The Hall–Kier alpha value is -0.750. The van der Waals surface area contributed by atoms with Crippen molar-refractivity contribution in [3.8, 4) is 0 Å². The van der Waals surface area contributed by atoms with Crippen LogP contribution >= 0.6 is 12.6 Å². The molecule has 0 bridgehead atoms. The zero-order valence-corrected chi connectivity index (χ0v) is 7.02. The Balaban J connectivity index is 3.94. The van der Waals surface area contributed by atoms with Crippen molar-refractivity contribution in [1.82, 2.24) is 10.7 Å². The molecule has 1 atom stereocenters. The minimum atomic E-state index is -0.652. The highest BCUT2D eigenvalue weighted by molar-refractivity contribution is 7.80. The Morgan fingerprint density at radius 1 is 1.64 bits per heavy atom. The molecule has 1 unspecified atom stereocenters. The van der Waals surface area contributed by atoms with Crippen molar-refractivity contribution in [3.63, 3.8) is 0 Å². The second-order valence-corrected chi connectivity index (χ2v) is 2.31. The van der Waals surface area contributed by atoms with Gasteiger partial charge in [0.05, 0.1) is 0 Å². The van der Waals surface area contributed by atoms with E-state index in [0.29, 0.717) is 0 Å². The summed E-state index contributed by atoms with van der Waals surface area (Å²) in [5.74, 6) is 4.33. The topological polar surface area (TPSA) is 84.2 Å². The average molecular weight is 177 g/mol. The lowest BCUT2D eigenvalue weighted by Crippen LogP contribution is -2.49. The van der Waals surface area contributed by atoms with Crippen LogP contribution in [0.25, 0.3) is 0 Å². The number of amides is 2. The Bertz CT molecular complexity index is 162. The SMILES string of the molecule is CC(=O)NC(CS)C(=O)NN. The van der Waals surface area contributed by atoms with Gasteiger partial charge in [0, 0.05) is 12.7 Å². The Kier molecular flexibility index (Phi) is 4.64. The molecule has 6 heteroatoms. The van der Waals surface area contributed by atoms with Crippen LogP contribution in [0.4, 0.5) is 0 Å². The first-order chi connectivity index (χ1) is 5.11. The fourth-order valence-corrected chi connectivity index (χ4v) is 0.797. The molecule has 0 aromatic rings. The highest BCUT2D eigenvalue weighted by atomic mass is 32.1. The number of carbonyl (C=O) groups excluding carboxylic acids is 2. The van der Waals surface area contributed by atoms with Crippen LogP contribution in [0.1, 0.15) is 6.92 Å². The van der Waals surface area contributed by atoms with E-state index in [-0.39, 0.29) is 11.7 Å². The predicted octanol–water partition coefficient (Wildman–Crippen LogP) is -1.59. The van der Waals surface area contributed by atoms with Gasteiger partial charge >= 0.3 is 0 Å². The number of nitrogens with one attached hydrogen (secondary N) is 2. The molecule has 4 N–H and O–H groups in total. The van der Waals surface area contributed by atoms with Crippen LogP contribution < -0.4 is 16.6 Å². The molecule has 0 aromatic carbocycles. The van der Waals surface area contributed by atoms with E-state index in [2.05, 4.69) is 17.9 Å². The van der Waals surface area contributed by atoms with Gasteiger partial charge in [-0.1, -0.05) is 0 Å². The maximum Gasteiger partial charge on any atom is 0.257 e. The normalized spacial score (nSPS) is 11.9. The van der Waals surface area contributed by atoms with E-state index < -0.39 is 11.9 Å². The molecule has 0 saturated carbocycles. The summed E-state index contributed by atoms with van der Waals surface area (Å²) in [7, 11) is 0. The van der Waals surface area contributed by atoms with Crippen molar-refractivity contribution < 1.29 is 9.59 Å². The minimum Gasteiger partial charge on any atom is -0.344 e. The van der Waals surface area contributed by atoms with E-state index in [1.807, 2.05) is 5.43 Å². The molecule has 0 aliphatic carbocycles. The highest BCUT2D eigenvalue weighted by Crippen LogP contribution is 1.86. The lowest BCUT2D eigenvalue weighted by Gasteiger charge is -2.12. The van der Waals surface area contributed by atoms with Crippen molar-refractivity contribution in [3.05, 3.63) is 0 Å². The third kappa shape index (κ3) is 3.84. The van der Waals surface area contributed by atoms with E-state index in [9.17, 15) is 9.59 Å². The number of rotatable bonds is 3. The summed E-state index contributed by atoms with van der Waals surface area (Å²) < 4.78 is 0. The summed E-state index contributed by atoms with van der Waals surface area (Å²) in [5.41, 5.74) is 1.92. The van der Waals surface area contributed by atoms with E-state index in [0.717, 1.165) is 0 Å². The largest absolute Gasteiger partial charge is 0.344 e. The lowest BCUT2D eigenvalue weighted by atomic mass is 10.3. The molecule has 0 saturated heterocycles. The molecule has 64 valence electrons. The van der Waals surface area contributed by atoms with Gasteiger partial charge in [0.1, 0.15) is 6.04 Å². The van der Waals surface area contributed by atoms with E-state index in [1.165, 1.54) is 6.92 Å². The third-order valence-corrected chi connectivity index (χ3v) is 1.38. The van der Waals surface area contributed by atoms with E-state index in [1.54, 1.807) is 0 Å². The number of thiol groups is 1. The number of carbonyl (C=O) groups is 2. The summed E-state index contributed by atoms with van der Waals surface area (Å²) in [4.78, 5) is 21.2. The van der Waals surface area contributed by atoms with Crippen LogP contribution in [0, 0.1) is 0 Å². The second-order valence-electron chi connectivity index (χ2n) is 1.94. The van der Waals surface area contributed by atoms with Gasteiger partial charge in [-0.25, -0.2) is 5.84 Å². The molecule has 0 heterocycles. The maximum absolute atomic E-state index is 10.8. The number of nitrogens with two attached hydrogens (primary N) is 1. The van der Waals surface area contributed by atoms with Crippen molar-refractivity contribution in [2.75, 3.05) is 5.75 Å². The molecular formula is C5H11N3O2S. The minimum absolute atomic E-state index is 0.225. The van der Waals surface area contributed by atoms with Crippen LogP contribution in [-0.2, 0) is 9.59 Å². The molecule has 11 heavy (non-hydrogen) atoms. The molecule has 0 fully saturated rings. The fraction of sp³-hybridized carbons (Fsp3) is 0.600.